The normalized spacial score (nSPS) is 48.2. The van der Waals surface area contributed by atoms with Gasteiger partial charge in [-0.15, -0.1) is 0 Å². The van der Waals surface area contributed by atoms with Crippen LogP contribution in [-0.4, -0.2) is 29.4 Å². The number of ether oxygens (including phenoxy) is 2. The first-order valence-corrected chi connectivity index (χ1v) is 11.2. The fourth-order valence-electron chi connectivity index (χ4n) is 8.85. The van der Waals surface area contributed by atoms with Crippen LogP contribution in [0.15, 0.2) is 0 Å². The molecule has 0 aliphatic heterocycles. The van der Waals surface area contributed by atoms with Gasteiger partial charge in [-0.1, -0.05) is 20.8 Å². The highest BCUT2D eigenvalue weighted by Crippen LogP contribution is 2.77. The Kier molecular flexibility index (Phi) is 4.54. The Hall–Kier alpha value is -1.39. The van der Waals surface area contributed by atoms with E-state index < -0.39 is 5.60 Å². The van der Waals surface area contributed by atoms with Crippen molar-refractivity contribution < 1.29 is 23.9 Å². The van der Waals surface area contributed by atoms with E-state index in [2.05, 4.69) is 20.8 Å². The van der Waals surface area contributed by atoms with Gasteiger partial charge in [0.15, 0.2) is 0 Å². The molecular weight excluding hydrogens is 368 g/mol. The van der Waals surface area contributed by atoms with Crippen LogP contribution in [-0.2, 0) is 23.9 Å². The van der Waals surface area contributed by atoms with Crippen molar-refractivity contribution >= 4 is 17.7 Å². The molecule has 9 unspecified atom stereocenters. The van der Waals surface area contributed by atoms with Gasteiger partial charge in [-0.25, -0.2) is 0 Å². The molecule has 0 amide bonds. The van der Waals surface area contributed by atoms with E-state index in [0.717, 1.165) is 19.3 Å². The number of hydrogen-bond donors (Lipinski definition) is 0. The maximum atomic E-state index is 12.8. The zero-order chi connectivity index (χ0) is 21.5. The van der Waals surface area contributed by atoms with Crippen molar-refractivity contribution in [3.63, 3.8) is 0 Å². The first-order chi connectivity index (χ1) is 13.3. The van der Waals surface area contributed by atoms with E-state index in [1.165, 1.54) is 13.8 Å². The fourth-order valence-corrected chi connectivity index (χ4v) is 8.85. The van der Waals surface area contributed by atoms with Gasteiger partial charge < -0.3 is 9.47 Å². The van der Waals surface area contributed by atoms with E-state index in [1.54, 1.807) is 0 Å². The molecule has 5 nitrogen and oxygen atoms in total. The molecule has 4 aliphatic rings. The van der Waals surface area contributed by atoms with Gasteiger partial charge in [0.05, 0.1) is 0 Å². The first kappa shape index (κ1) is 20.9. The van der Waals surface area contributed by atoms with Crippen molar-refractivity contribution in [2.75, 3.05) is 0 Å². The second kappa shape index (κ2) is 6.31. The van der Waals surface area contributed by atoms with Crippen molar-refractivity contribution in [3.8, 4) is 0 Å². The molecular formula is C24H36O5. The van der Waals surface area contributed by atoms with Gasteiger partial charge >= 0.3 is 11.9 Å². The topological polar surface area (TPSA) is 69.7 Å². The highest BCUT2D eigenvalue weighted by molar-refractivity contribution is 5.86. The summed E-state index contributed by atoms with van der Waals surface area (Å²) in [6.45, 7) is 13.8. The quantitative estimate of drug-likeness (QED) is 0.660. The van der Waals surface area contributed by atoms with Gasteiger partial charge in [0.25, 0.3) is 0 Å². The van der Waals surface area contributed by atoms with Crippen LogP contribution in [0.3, 0.4) is 0 Å². The molecule has 5 heteroatoms. The van der Waals surface area contributed by atoms with Gasteiger partial charge in [0, 0.05) is 38.0 Å². The second-order valence-electron chi connectivity index (χ2n) is 11.4. The molecule has 0 aromatic rings. The van der Waals surface area contributed by atoms with E-state index in [0.29, 0.717) is 30.0 Å². The Bertz CT molecular complexity index is 756. The highest BCUT2D eigenvalue weighted by Gasteiger charge is 2.76. The number of carbonyl (C=O) groups excluding carboxylic acids is 3. The van der Waals surface area contributed by atoms with Crippen LogP contribution in [0, 0.1) is 46.3 Å². The number of esters is 2. The zero-order valence-corrected chi connectivity index (χ0v) is 18.9. The lowest BCUT2D eigenvalue weighted by molar-refractivity contribution is -0.251. The molecule has 0 heterocycles. The van der Waals surface area contributed by atoms with Crippen molar-refractivity contribution in [1.82, 2.24) is 0 Å². The Morgan fingerprint density at radius 1 is 1.10 bits per heavy atom. The van der Waals surface area contributed by atoms with Crippen LogP contribution in [0.25, 0.3) is 0 Å². The lowest BCUT2D eigenvalue weighted by atomic mass is 9.34. The van der Waals surface area contributed by atoms with E-state index in [9.17, 15) is 14.4 Å². The lowest BCUT2D eigenvalue weighted by Gasteiger charge is -2.69. The minimum atomic E-state index is -0.610. The SMILES string of the molecule is CC(=O)OC1CC2(C)C3C(=O)CC(C)C3C2C2(C)CCC(C(C)(C)OC(C)=O)C12. The summed E-state index contributed by atoms with van der Waals surface area (Å²) in [7, 11) is 0. The summed E-state index contributed by atoms with van der Waals surface area (Å²) < 4.78 is 11.7. The molecule has 0 aromatic carbocycles. The molecule has 4 rings (SSSR count). The van der Waals surface area contributed by atoms with E-state index in [4.69, 9.17) is 9.47 Å². The second-order valence-corrected chi connectivity index (χ2v) is 11.4. The van der Waals surface area contributed by atoms with Crippen LogP contribution >= 0.6 is 0 Å². The summed E-state index contributed by atoms with van der Waals surface area (Å²) in [6.07, 6.45) is 3.17. The fraction of sp³-hybridized carbons (Fsp3) is 0.875. The minimum Gasteiger partial charge on any atom is -0.462 e. The summed E-state index contributed by atoms with van der Waals surface area (Å²) in [4.78, 5) is 36.6. The molecule has 162 valence electrons. The van der Waals surface area contributed by atoms with Gasteiger partial charge in [-0.2, -0.15) is 0 Å². The molecule has 0 bridgehead atoms. The summed E-state index contributed by atoms with van der Waals surface area (Å²) in [6, 6.07) is 0. The molecule has 29 heavy (non-hydrogen) atoms. The maximum Gasteiger partial charge on any atom is 0.303 e. The molecule has 0 saturated heterocycles. The van der Waals surface area contributed by atoms with Gasteiger partial charge in [0.1, 0.15) is 17.5 Å². The number of rotatable bonds is 3. The van der Waals surface area contributed by atoms with Crippen LogP contribution in [0.4, 0.5) is 0 Å². The largest absolute Gasteiger partial charge is 0.462 e. The summed E-state index contributed by atoms with van der Waals surface area (Å²) in [5.41, 5.74) is -0.728. The molecule has 0 aromatic heterocycles. The number of ketones is 1. The number of carbonyl (C=O) groups is 3. The minimum absolute atomic E-state index is 0.0186. The van der Waals surface area contributed by atoms with Crippen LogP contribution < -0.4 is 0 Å². The molecule has 0 N–H and O–H groups in total. The Labute approximate surface area is 174 Å². The van der Waals surface area contributed by atoms with Gasteiger partial charge in [-0.05, 0) is 61.7 Å². The molecule has 4 aliphatic carbocycles. The number of Topliss-reactive ketones (excluding diaryl/α,β-unsaturated/α-hetero) is 1. The Balaban J connectivity index is 1.76. The van der Waals surface area contributed by atoms with E-state index in [1.807, 2.05) is 13.8 Å². The van der Waals surface area contributed by atoms with Gasteiger partial charge in [0.2, 0.25) is 0 Å². The molecule has 0 spiro atoms. The van der Waals surface area contributed by atoms with Crippen LogP contribution in [0.1, 0.15) is 74.1 Å². The van der Waals surface area contributed by atoms with Crippen molar-refractivity contribution in [2.24, 2.45) is 46.3 Å². The van der Waals surface area contributed by atoms with E-state index in [-0.39, 0.29) is 46.6 Å². The smallest absolute Gasteiger partial charge is 0.303 e. The predicted octanol–water partition coefficient (Wildman–Crippen LogP) is 4.17. The lowest BCUT2D eigenvalue weighted by Crippen LogP contribution is -2.69. The highest BCUT2D eigenvalue weighted by atomic mass is 16.6. The average molecular weight is 405 g/mol. The van der Waals surface area contributed by atoms with Crippen LogP contribution in [0.5, 0.6) is 0 Å². The molecule has 4 saturated carbocycles. The third kappa shape index (κ3) is 2.75. The third-order valence-corrected chi connectivity index (χ3v) is 9.28. The summed E-state index contributed by atoms with van der Waals surface area (Å²) in [5, 5.41) is 0. The van der Waals surface area contributed by atoms with Crippen LogP contribution in [0.2, 0.25) is 0 Å². The van der Waals surface area contributed by atoms with Crippen molar-refractivity contribution in [1.29, 1.82) is 0 Å². The summed E-state index contributed by atoms with van der Waals surface area (Å²) >= 11 is 0. The zero-order valence-electron chi connectivity index (χ0n) is 18.9. The first-order valence-electron chi connectivity index (χ1n) is 11.2. The summed E-state index contributed by atoms with van der Waals surface area (Å²) in [5.74, 6) is 1.57. The van der Waals surface area contributed by atoms with Gasteiger partial charge in [-0.3, -0.25) is 14.4 Å². The molecule has 0 radical (unpaired) electrons. The average Bonchev–Trinajstić information content (AvgIpc) is 3.00. The predicted molar refractivity (Wildman–Crippen MR) is 108 cm³/mol. The number of hydrogen-bond acceptors (Lipinski definition) is 5. The monoisotopic (exact) mass is 404 g/mol. The Morgan fingerprint density at radius 2 is 1.76 bits per heavy atom. The third-order valence-electron chi connectivity index (χ3n) is 9.28. The van der Waals surface area contributed by atoms with Crippen molar-refractivity contribution in [3.05, 3.63) is 0 Å². The molecule has 9 atom stereocenters. The van der Waals surface area contributed by atoms with E-state index >= 15 is 0 Å². The van der Waals surface area contributed by atoms with Crippen molar-refractivity contribution in [2.45, 2.75) is 85.9 Å². The number of fused-ring (bicyclic) bond motifs is 6. The maximum absolute atomic E-state index is 12.8. The standard InChI is InChI=1S/C24H36O5/c1-12-10-16(27)20-18(12)21-23(6)9-8-15(22(4,5)29-14(3)26)19(23)17(28-13(2)25)11-24(20,21)7/h12,15,17-21H,8-11H2,1-7H3. The Morgan fingerprint density at radius 3 is 2.34 bits per heavy atom. The molecule has 4 fully saturated rings.